The molecule has 4 nitrogen and oxygen atoms in total. The molecule has 1 aromatic rings. The minimum atomic E-state index is -0.0867. The fourth-order valence-electron chi connectivity index (χ4n) is 3.03. The molecule has 0 spiro atoms. The minimum Gasteiger partial charge on any atom is -0.354 e. The molecule has 3 unspecified atom stereocenters. The number of amides is 1. The van der Waals surface area contributed by atoms with E-state index in [0.29, 0.717) is 19.0 Å². The molecule has 0 saturated carbocycles. The van der Waals surface area contributed by atoms with E-state index in [2.05, 4.69) is 36.2 Å². The lowest BCUT2D eigenvalue weighted by Gasteiger charge is -2.27. The number of rotatable bonds is 6. The van der Waals surface area contributed by atoms with Crippen LogP contribution in [0.1, 0.15) is 38.7 Å². The molecule has 1 saturated heterocycles. The lowest BCUT2D eigenvalue weighted by Crippen LogP contribution is -2.46. The van der Waals surface area contributed by atoms with Crippen molar-refractivity contribution < 1.29 is 4.79 Å². The first-order valence-electron chi connectivity index (χ1n) is 8.22. The van der Waals surface area contributed by atoms with Gasteiger partial charge in [-0.2, -0.15) is 0 Å². The molecule has 0 radical (unpaired) electrons. The number of halogens is 1. The molecule has 0 aliphatic carbocycles. The second kappa shape index (κ2) is 8.67. The lowest BCUT2D eigenvalue weighted by atomic mass is 9.90. The van der Waals surface area contributed by atoms with Crippen molar-refractivity contribution in [3.63, 3.8) is 0 Å². The molecule has 1 aliphatic rings. The summed E-state index contributed by atoms with van der Waals surface area (Å²) in [5, 5.41) is 3.09. The zero-order chi connectivity index (χ0) is 16.2. The second-order valence-corrected chi connectivity index (χ2v) is 6.97. The Bertz CT molecular complexity index is 496. The maximum atomic E-state index is 12.4. The third-order valence-corrected chi connectivity index (χ3v) is 4.96. The predicted octanol–water partition coefficient (Wildman–Crippen LogP) is 2.39. The summed E-state index contributed by atoms with van der Waals surface area (Å²) in [6.45, 7) is 9.56. The molecule has 0 bridgehead atoms. The van der Waals surface area contributed by atoms with Crippen molar-refractivity contribution in [3.05, 3.63) is 35.9 Å². The Morgan fingerprint density at radius 2 is 2.00 bits per heavy atom. The fourth-order valence-corrected chi connectivity index (χ4v) is 3.03. The number of benzene rings is 1. The minimum absolute atomic E-state index is 0. The Kier molecular flexibility index (Phi) is 7.52. The van der Waals surface area contributed by atoms with Crippen molar-refractivity contribution in [2.45, 2.75) is 39.2 Å². The summed E-state index contributed by atoms with van der Waals surface area (Å²) in [6, 6.07) is 10.2. The van der Waals surface area contributed by atoms with Crippen molar-refractivity contribution in [1.82, 2.24) is 10.2 Å². The van der Waals surface area contributed by atoms with Gasteiger partial charge in [0.05, 0.1) is 6.04 Å². The molecule has 130 valence electrons. The maximum Gasteiger partial charge on any atom is 0.237 e. The molecular formula is C18H30ClN3O. The highest BCUT2D eigenvalue weighted by Crippen LogP contribution is 2.29. The number of carbonyl (C=O) groups is 1. The Balaban J connectivity index is 0.00000264. The quantitative estimate of drug-likeness (QED) is 0.836. The molecule has 3 atom stereocenters. The number of hydrogen-bond acceptors (Lipinski definition) is 3. The van der Waals surface area contributed by atoms with Gasteiger partial charge in [0, 0.05) is 13.1 Å². The van der Waals surface area contributed by atoms with Gasteiger partial charge in [-0.1, -0.05) is 44.2 Å². The molecular weight excluding hydrogens is 310 g/mol. The van der Waals surface area contributed by atoms with Crippen LogP contribution in [0.15, 0.2) is 30.3 Å². The average Bonchev–Trinajstić information content (AvgIpc) is 2.95. The van der Waals surface area contributed by atoms with Crippen LogP contribution in [-0.4, -0.2) is 43.0 Å². The highest BCUT2D eigenvalue weighted by atomic mass is 35.5. The number of nitrogens with zero attached hydrogens (tertiary/aromatic N) is 1. The molecule has 0 aromatic heterocycles. The molecule has 1 aromatic carbocycles. The molecule has 1 fully saturated rings. The number of hydrogen-bond donors (Lipinski definition) is 2. The first kappa shape index (κ1) is 19.9. The number of nitrogens with two attached hydrogens (primary N) is 1. The summed E-state index contributed by atoms with van der Waals surface area (Å²) in [6.07, 6.45) is 1.07. The van der Waals surface area contributed by atoms with E-state index in [4.69, 9.17) is 5.73 Å². The monoisotopic (exact) mass is 339 g/mol. The largest absolute Gasteiger partial charge is 0.354 e. The third kappa shape index (κ3) is 5.20. The molecule has 5 heteroatoms. The van der Waals surface area contributed by atoms with Crippen molar-refractivity contribution in [2.24, 2.45) is 11.1 Å². The van der Waals surface area contributed by atoms with E-state index in [9.17, 15) is 4.79 Å². The van der Waals surface area contributed by atoms with Crippen molar-refractivity contribution in [1.29, 1.82) is 0 Å². The summed E-state index contributed by atoms with van der Waals surface area (Å²) in [5.41, 5.74) is 7.26. The van der Waals surface area contributed by atoms with E-state index < -0.39 is 0 Å². The molecule has 1 heterocycles. The first-order valence-corrected chi connectivity index (χ1v) is 8.22. The van der Waals surface area contributed by atoms with Gasteiger partial charge >= 0.3 is 0 Å². The normalized spacial score (nSPS) is 23.8. The standard InChI is InChI=1S/C18H29N3O.ClH/c1-14(16-7-5-4-6-8-16)11-20-17(22)15(2)21-10-9-18(3,12-19)13-21;/h4-8,14-15H,9-13,19H2,1-3H3,(H,20,22);1H. The first-order chi connectivity index (χ1) is 10.4. The number of nitrogens with one attached hydrogen (secondary N) is 1. The van der Waals surface area contributed by atoms with Gasteiger partial charge in [-0.15, -0.1) is 12.4 Å². The number of carbonyl (C=O) groups excluding carboxylic acids is 1. The topological polar surface area (TPSA) is 58.4 Å². The van der Waals surface area contributed by atoms with Gasteiger partial charge in [0.2, 0.25) is 5.91 Å². The summed E-state index contributed by atoms with van der Waals surface area (Å²) in [5.74, 6) is 0.439. The fraction of sp³-hybridized carbons (Fsp3) is 0.611. The highest BCUT2D eigenvalue weighted by Gasteiger charge is 2.36. The van der Waals surface area contributed by atoms with E-state index in [-0.39, 0.29) is 29.8 Å². The van der Waals surface area contributed by atoms with E-state index in [0.717, 1.165) is 19.5 Å². The Hall–Kier alpha value is -1.10. The summed E-state index contributed by atoms with van der Waals surface area (Å²) < 4.78 is 0. The van der Waals surface area contributed by atoms with Gasteiger partial charge < -0.3 is 11.1 Å². The van der Waals surface area contributed by atoms with Crippen LogP contribution in [0.5, 0.6) is 0 Å². The van der Waals surface area contributed by atoms with E-state index >= 15 is 0 Å². The number of likely N-dealkylation sites (tertiary alicyclic amines) is 1. The van der Waals surface area contributed by atoms with Gasteiger partial charge in [-0.05, 0) is 43.3 Å². The summed E-state index contributed by atoms with van der Waals surface area (Å²) >= 11 is 0. The van der Waals surface area contributed by atoms with Crippen LogP contribution in [-0.2, 0) is 4.79 Å². The third-order valence-electron chi connectivity index (χ3n) is 4.96. The van der Waals surface area contributed by atoms with E-state index in [1.165, 1.54) is 5.56 Å². The predicted molar refractivity (Wildman–Crippen MR) is 97.9 cm³/mol. The van der Waals surface area contributed by atoms with Crippen molar-refractivity contribution >= 4 is 18.3 Å². The Morgan fingerprint density at radius 1 is 1.35 bits per heavy atom. The molecule has 23 heavy (non-hydrogen) atoms. The molecule has 2 rings (SSSR count). The highest BCUT2D eigenvalue weighted by molar-refractivity contribution is 5.85. The Labute approximate surface area is 146 Å². The van der Waals surface area contributed by atoms with Crippen LogP contribution in [0.3, 0.4) is 0 Å². The molecule has 3 N–H and O–H groups in total. The SMILES string of the molecule is CC(CNC(=O)C(C)N1CCC(C)(CN)C1)c1ccccc1.Cl. The van der Waals surface area contributed by atoms with Gasteiger partial charge in [0.1, 0.15) is 0 Å². The molecule has 1 aliphatic heterocycles. The van der Waals surface area contributed by atoms with Gasteiger partial charge in [0.15, 0.2) is 0 Å². The van der Waals surface area contributed by atoms with Gasteiger partial charge in [-0.3, -0.25) is 9.69 Å². The molecule has 1 amide bonds. The summed E-state index contributed by atoms with van der Waals surface area (Å²) in [4.78, 5) is 14.6. The van der Waals surface area contributed by atoms with Crippen LogP contribution in [0.4, 0.5) is 0 Å². The van der Waals surface area contributed by atoms with E-state index in [1.54, 1.807) is 0 Å². The zero-order valence-corrected chi connectivity index (χ0v) is 15.2. The zero-order valence-electron chi connectivity index (χ0n) is 14.4. The van der Waals surface area contributed by atoms with Crippen LogP contribution < -0.4 is 11.1 Å². The Morgan fingerprint density at radius 3 is 2.57 bits per heavy atom. The average molecular weight is 340 g/mol. The van der Waals surface area contributed by atoms with Crippen molar-refractivity contribution in [2.75, 3.05) is 26.2 Å². The van der Waals surface area contributed by atoms with Crippen LogP contribution in [0.25, 0.3) is 0 Å². The van der Waals surface area contributed by atoms with Crippen molar-refractivity contribution in [3.8, 4) is 0 Å². The summed E-state index contributed by atoms with van der Waals surface area (Å²) in [7, 11) is 0. The van der Waals surface area contributed by atoms with Gasteiger partial charge in [-0.25, -0.2) is 0 Å². The second-order valence-electron chi connectivity index (χ2n) is 6.97. The van der Waals surface area contributed by atoms with Crippen LogP contribution >= 0.6 is 12.4 Å². The van der Waals surface area contributed by atoms with Gasteiger partial charge in [0.25, 0.3) is 0 Å². The van der Waals surface area contributed by atoms with Crippen LogP contribution in [0.2, 0.25) is 0 Å². The lowest BCUT2D eigenvalue weighted by molar-refractivity contribution is -0.125. The smallest absolute Gasteiger partial charge is 0.237 e. The van der Waals surface area contributed by atoms with Crippen LogP contribution in [0, 0.1) is 5.41 Å². The maximum absolute atomic E-state index is 12.4. The van der Waals surface area contributed by atoms with E-state index in [1.807, 2.05) is 25.1 Å².